The molecular formula is C20H18F4N4O3. The van der Waals surface area contributed by atoms with Gasteiger partial charge in [0, 0.05) is 43.4 Å². The summed E-state index contributed by atoms with van der Waals surface area (Å²) in [5.41, 5.74) is -1.28. The van der Waals surface area contributed by atoms with Crippen LogP contribution in [0.5, 0.6) is 5.88 Å². The summed E-state index contributed by atoms with van der Waals surface area (Å²) in [5.74, 6) is -2.93. The predicted octanol–water partition coefficient (Wildman–Crippen LogP) is 3.32. The van der Waals surface area contributed by atoms with Gasteiger partial charge in [0.05, 0.1) is 12.8 Å². The van der Waals surface area contributed by atoms with E-state index in [9.17, 15) is 22.4 Å². The van der Waals surface area contributed by atoms with Gasteiger partial charge in [0.1, 0.15) is 5.56 Å². The standard InChI is InChI=1S/C20H18F4N4O3/c1-2-27-11-12(10-25-27)8-13-4-3-6-28(19(13)29)18-17(21)14(20(22,23)24)9-15(26-18)31-16-5-7-30-16/h3-4,6,9-11,16H,2,5,7-8H2,1H3. The molecule has 0 radical (unpaired) electrons. The zero-order chi connectivity index (χ0) is 22.2. The minimum atomic E-state index is -5.00. The van der Waals surface area contributed by atoms with Crippen LogP contribution < -0.4 is 10.3 Å². The number of aromatic nitrogens is 4. The number of hydrogen-bond acceptors (Lipinski definition) is 5. The molecule has 1 atom stereocenters. The molecule has 7 nitrogen and oxygen atoms in total. The molecule has 4 rings (SSSR count). The van der Waals surface area contributed by atoms with Gasteiger partial charge >= 0.3 is 6.18 Å². The Kier molecular flexibility index (Phi) is 5.52. The summed E-state index contributed by atoms with van der Waals surface area (Å²) in [6.07, 6.45) is -0.605. The molecule has 164 valence electrons. The van der Waals surface area contributed by atoms with E-state index in [4.69, 9.17) is 9.47 Å². The van der Waals surface area contributed by atoms with Crippen molar-refractivity contribution in [1.29, 1.82) is 0 Å². The van der Waals surface area contributed by atoms with Gasteiger partial charge in [0.2, 0.25) is 12.2 Å². The van der Waals surface area contributed by atoms with E-state index in [2.05, 4.69) is 10.1 Å². The fourth-order valence-electron chi connectivity index (χ4n) is 3.09. The maximum atomic E-state index is 14.8. The van der Waals surface area contributed by atoms with Crippen molar-refractivity contribution >= 4 is 0 Å². The maximum absolute atomic E-state index is 14.8. The first-order chi connectivity index (χ1) is 14.8. The SMILES string of the molecule is CCn1cc(Cc2cccn(-c3nc(OC4CCO4)cc(C(F)(F)F)c3F)c2=O)cn1. The van der Waals surface area contributed by atoms with Crippen molar-refractivity contribution in [2.75, 3.05) is 6.61 Å². The first kappa shape index (κ1) is 21.0. The smallest absolute Gasteiger partial charge is 0.419 e. The third-order valence-electron chi connectivity index (χ3n) is 4.79. The maximum Gasteiger partial charge on any atom is 0.419 e. The molecule has 0 saturated carbocycles. The summed E-state index contributed by atoms with van der Waals surface area (Å²) in [5, 5.41) is 4.13. The lowest BCUT2D eigenvalue weighted by molar-refractivity contribution is -0.167. The summed E-state index contributed by atoms with van der Waals surface area (Å²) >= 11 is 0. The molecular weight excluding hydrogens is 420 g/mol. The fourth-order valence-corrected chi connectivity index (χ4v) is 3.09. The van der Waals surface area contributed by atoms with Crippen molar-refractivity contribution in [3.8, 4) is 11.7 Å². The van der Waals surface area contributed by atoms with Gasteiger partial charge in [-0.3, -0.25) is 14.0 Å². The monoisotopic (exact) mass is 438 g/mol. The molecule has 1 aliphatic heterocycles. The Morgan fingerprint density at radius 3 is 2.74 bits per heavy atom. The molecule has 1 unspecified atom stereocenters. The molecule has 0 spiro atoms. The normalized spacial score (nSPS) is 16.2. The van der Waals surface area contributed by atoms with Gasteiger partial charge in [-0.25, -0.2) is 4.39 Å². The van der Waals surface area contributed by atoms with Crippen LogP contribution >= 0.6 is 0 Å². The van der Waals surface area contributed by atoms with Crippen molar-refractivity contribution in [2.45, 2.75) is 38.8 Å². The zero-order valence-electron chi connectivity index (χ0n) is 16.4. The Balaban J connectivity index is 1.77. The van der Waals surface area contributed by atoms with Gasteiger partial charge in [0.25, 0.3) is 5.56 Å². The highest BCUT2D eigenvalue weighted by Gasteiger charge is 2.37. The van der Waals surface area contributed by atoms with Crippen molar-refractivity contribution in [1.82, 2.24) is 19.3 Å². The highest BCUT2D eigenvalue weighted by atomic mass is 19.4. The second kappa shape index (κ2) is 8.14. The molecule has 11 heteroatoms. The van der Waals surface area contributed by atoms with Crippen LogP contribution in [-0.2, 0) is 23.9 Å². The zero-order valence-corrected chi connectivity index (χ0v) is 16.4. The number of aryl methyl sites for hydroxylation is 1. The second-order valence-electron chi connectivity index (χ2n) is 6.94. The molecule has 1 saturated heterocycles. The summed E-state index contributed by atoms with van der Waals surface area (Å²) in [7, 11) is 0. The van der Waals surface area contributed by atoms with Crippen molar-refractivity contribution < 1.29 is 27.0 Å². The van der Waals surface area contributed by atoms with Gasteiger partial charge in [-0.05, 0) is 18.6 Å². The summed E-state index contributed by atoms with van der Waals surface area (Å²) < 4.78 is 67.8. The molecule has 3 aromatic heterocycles. The molecule has 1 fully saturated rings. The first-order valence-electron chi connectivity index (χ1n) is 9.54. The molecule has 0 bridgehead atoms. The highest BCUT2D eigenvalue weighted by molar-refractivity contribution is 5.38. The average Bonchev–Trinajstić information content (AvgIpc) is 3.14. The van der Waals surface area contributed by atoms with Crippen LogP contribution in [0.1, 0.15) is 30.0 Å². The van der Waals surface area contributed by atoms with Crippen LogP contribution in [0, 0.1) is 5.82 Å². The number of hydrogen-bond donors (Lipinski definition) is 0. The topological polar surface area (TPSA) is 71.2 Å². The Labute approximate surface area is 173 Å². The largest absolute Gasteiger partial charge is 0.448 e. The second-order valence-corrected chi connectivity index (χ2v) is 6.94. The summed E-state index contributed by atoms with van der Waals surface area (Å²) in [6.45, 7) is 2.95. The summed E-state index contributed by atoms with van der Waals surface area (Å²) in [4.78, 5) is 16.8. The van der Waals surface area contributed by atoms with E-state index in [0.29, 0.717) is 25.6 Å². The van der Waals surface area contributed by atoms with E-state index in [1.165, 1.54) is 12.1 Å². The van der Waals surface area contributed by atoms with Crippen LogP contribution in [0.2, 0.25) is 0 Å². The molecule has 0 aromatic carbocycles. The Bertz CT molecular complexity index is 1150. The number of pyridine rings is 2. The van der Waals surface area contributed by atoms with Gasteiger partial charge in [-0.1, -0.05) is 6.07 Å². The Morgan fingerprint density at radius 1 is 1.35 bits per heavy atom. The quantitative estimate of drug-likeness (QED) is 0.553. The van der Waals surface area contributed by atoms with E-state index in [0.717, 1.165) is 16.3 Å². The average molecular weight is 438 g/mol. The molecule has 4 heterocycles. The number of alkyl halides is 3. The number of halogens is 4. The van der Waals surface area contributed by atoms with Crippen LogP contribution in [0.3, 0.4) is 0 Å². The molecule has 3 aromatic rings. The van der Waals surface area contributed by atoms with Gasteiger partial charge < -0.3 is 9.47 Å². The van der Waals surface area contributed by atoms with Crippen LogP contribution in [0.4, 0.5) is 17.6 Å². The van der Waals surface area contributed by atoms with E-state index in [-0.39, 0.29) is 12.0 Å². The van der Waals surface area contributed by atoms with Crippen molar-refractivity contribution in [2.24, 2.45) is 0 Å². The number of rotatable bonds is 6. The molecule has 0 aliphatic carbocycles. The molecule has 31 heavy (non-hydrogen) atoms. The molecule has 1 aliphatic rings. The fraction of sp³-hybridized carbons (Fsp3) is 0.350. The van der Waals surface area contributed by atoms with Gasteiger partial charge in [-0.15, -0.1) is 0 Å². The van der Waals surface area contributed by atoms with E-state index in [1.54, 1.807) is 17.1 Å². The lowest BCUT2D eigenvalue weighted by atomic mass is 10.1. The Hall–Kier alpha value is -3.21. The van der Waals surface area contributed by atoms with Crippen molar-refractivity contribution in [3.05, 3.63) is 69.7 Å². The van der Waals surface area contributed by atoms with Crippen LogP contribution in [0.15, 0.2) is 41.6 Å². The number of nitrogens with zero attached hydrogens (tertiary/aromatic N) is 4. The lowest BCUT2D eigenvalue weighted by Gasteiger charge is -2.26. The summed E-state index contributed by atoms with van der Waals surface area (Å²) in [6, 6.07) is 3.43. The van der Waals surface area contributed by atoms with Gasteiger partial charge in [-0.2, -0.15) is 23.3 Å². The predicted molar refractivity (Wildman–Crippen MR) is 100 cm³/mol. The van der Waals surface area contributed by atoms with E-state index in [1.807, 2.05) is 6.92 Å². The van der Waals surface area contributed by atoms with Crippen LogP contribution in [-0.4, -0.2) is 32.2 Å². The van der Waals surface area contributed by atoms with Gasteiger partial charge in [0.15, 0.2) is 11.6 Å². The Morgan fingerprint density at radius 2 is 2.13 bits per heavy atom. The van der Waals surface area contributed by atoms with Crippen LogP contribution in [0.25, 0.3) is 5.82 Å². The highest BCUT2D eigenvalue weighted by Crippen LogP contribution is 2.35. The molecule has 0 N–H and O–H groups in total. The third-order valence-corrected chi connectivity index (χ3v) is 4.79. The lowest BCUT2D eigenvalue weighted by Crippen LogP contribution is -2.33. The minimum Gasteiger partial charge on any atom is -0.448 e. The number of ether oxygens (including phenoxy) is 2. The van der Waals surface area contributed by atoms with E-state index < -0.39 is 41.1 Å². The van der Waals surface area contributed by atoms with E-state index >= 15 is 0 Å². The minimum absolute atomic E-state index is 0.180. The third kappa shape index (κ3) is 4.31. The first-order valence-corrected chi connectivity index (χ1v) is 9.54. The van der Waals surface area contributed by atoms with Crippen molar-refractivity contribution in [3.63, 3.8) is 0 Å². The molecule has 0 amide bonds.